The summed E-state index contributed by atoms with van der Waals surface area (Å²) in [5.41, 5.74) is 0. The zero-order valence-electron chi connectivity index (χ0n) is 10.5. The van der Waals surface area contributed by atoms with Gasteiger partial charge in [0.2, 0.25) is 5.91 Å². The van der Waals surface area contributed by atoms with E-state index in [4.69, 9.17) is 0 Å². The molecule has 3 unspecified atom stereocenters. The number of nitrogens with one attached hydrogen (secondary N) is 2. The first-order valence-corrected chi connectivity index (χ1v) is 6.96. The number of aliphatic hydroxyl groups excluding tert-OH is 1. The summed E-state index contributed by atoms with van der Waals surface area (Å²) >= 11 is 0. The third-order valence-electron chi connectivity index (χ3n) is 4.03. The van der Waals surface area contributed by atoms with Crippen LogP contribution in [-0.2, 0) is 4.79 Å². The van der Waals surface area contributed by atoms with Crippen molar-refractivity contribution in [2.24, 2.45) is 5.92 Å². The van der Waals surface area contributed by atoms with Crippen molar-refractivity contribution in [3.05, 3.63) is 0 Å². The lowest BCUT2D eigenvalue weighted by Gasteiger charge is -2.19. The van der Waals surface area contributed by atoms with Gasteiger partial charge in [0.05, 0.1) is 12.1 Å². The van der Waals surface area contributed by atoms with E-state index >= 15 is 0 Å². The molecule has 1 aliphatic carbocycles. The highest BCUT2D eigenvalue weighted by molar-refractivity contribution is 5.81. The smallest absolute Gasteiger partial charge is 0.237 e. The fraction of sp³-hybridized carbons (Fsp3) is 0.923. The maximum atomic E-state index is 12.0. The molecule has 0 aromatic carbocycles. The van der Waals surface area contributed by atoms with Crippen molar-refractivity contribution < 1.29 is 9.90 Å². The Morgan fingerprint density at radius 2 is 2.06 bits per heavy atom. The number of carbonyl (C=O) groups excluding carboxylic acids is 1. The van der Waals surface area contributed by atoms with Gasteiger partial charge in [0.25, 0.3) is 0 Å². The van der Waals surface area contributed by atoms with Crippen LogP contribution >= 0.6 is 0 Å². The quantitative estimate of drug-likeness (QED) is 0.683. The summed E-state index contributed by atoms with van der Waals surface area (Å²) in [6, 6.07) is -0.0176. The van der Waals surface area contributed by atoms with Crippen LogP contribution in [0.5, 0.6) is 0 Å². The van der Waals surface area contributed by atoms with E-state index in [0.717, 1.165) is 38.6 Å². The molecule has 0 radical (unpaired) electrons. The second-order valence-electron chi connectivity index (χ2n) is 5.36. The number of hydrogen-bond donors (Lipinski definition) is 3. The normalized spacial score (nSPS) is 34.3. The second kappa shape index (κ2) is 6.36. The lowest BCUT2D eigenvalue weighted by atomic mass is 10.1. The van der Waals surface area contributed by atoms with Gasteiger partial charge in [-0.2, -0.15) is 0 Å². The third-order valence-corrected chi connectivity index (χ3v) is 4.03. The van der Waals surface area contributed by atoms with E-state index in [2.05, 4.69) is 10.6 Å². The molecule has 4 heteroatoms. The Bertz CT molecular complexity index is 250. The van der Waals surface area contributed by atoms with Crippen molar-refractivity contribution >= 4 is 5.91 Å². The minimum absolute atomic E-state index is 0.0176. The minimum Gasteiger partial charge on any atom is -0.393 e. The van der Waals surface area contributed by atoms with Crippen LogP contribution in [0.15, 0.2) is 0 Å². The van der Waals surface area contributed by atoms with Crippen LogP contribution in [0.4, 0.5) is 0 Å². The minimum atomic E-state index is -0.211. The molecule has 98 valence electrons. The van der Waals surface area contributed by atoms with Crippen LogP contribution in [0.25, 0.3) is 0 Å². The molecule has 0 aromatic rings. The lowest BCUT2D eigenvalue weighted by molar-refractivity contribution is -0.123. The van der Waals surface area contributed by atoms with Gasteiger partial charge in [0.15, 0.2) is 0 Å². The van der Waals surface area contributed by atoms with E-state index in [9.17, 15) is 9.90 Å². The topological polar surface area (TPSA) is 61.4 Å². The molecule has 0 aromatic heterocycles. The van der Waals surface area contributed by atoms with Crippen LogP contribution in [0, 0.1) is 5.92 Å². The van der Waals surface area contributed by atoms with Crippen LogP contribution in [0.1, 0.15) is 44.9 Å². The number of carbonyl (C=O) groups is 1. The van der Waals surface area contributed by atoms with Gasteiger partial charge in [-0.1, -0.05) is 19.3 Å². The van der Waals surface area contributed by atoms with Gasteiger partial charge >= 0.3 is 0 Å². The molecule has 1 saturated heterocycles. The van der Waals surface area contributed by atoms with Crippen molar-refractivity contribution in [1.82, 2.24) is 10.6 Å². The summed E-state index contributed by atoms with van der Waals surface area (Å²) in [5.74, 6) is 0.385. The summed E-state index contributed by atoms with van der Waals surface area (Å²) in [7, 11) is 0. The summed E-state index contributed by atoms with van der Waals surface area (Å²) in [6.45, 7) is 1.59. The van der Waals surface area contributed by atoms with Gasteiger partial charge < -0.3 is 15.7 Å². The fourth-order valence-corrected chi connectivity index (χ4v) is 2.86. The van der Waals surface area contributed by atoms with Crippen LogP contribution in [-0.4, -0.2) is 36.2 Å². The highest BCUT2D eigenvalue weighted by Crippen LogP contribution is 2.24. The molecule has 1 heterocycles. The van der Waals surface area contributed by atoms with E-state index in [1.54, 1.807) is 0 Å². The summed E-state index contributed by atoms with van der Waals surface area (Å²) in [5, 5.41) is 16.0. The maximum absolute atomic E-state index is 12.0. The van der Waals surface area contributed by atoms with Gasteiger partial charge in [0.1, 0.15) is 0 Å². The Labute approximate surface area is 103 Å². The van der Waals surface area contributed by atoms with Crippen molar-refractivity contribution in [2.45, 2.75) is 57.1 Å². The molecule has 1 saturated carbocycles. The molecule has 2 rings (SSSR count). The Balaban J connectivity index is 1.72. The number of rotatable bonds is 3. The predicted octanol–water partition coefficient (Wildman–Crippen LogP) is 0.796. The summed E-state index contributed by atoms with van der Waals surface area (Å²) < 4.78 is 0. The SMILES string of the molecule is O=C(NCC1CCCC1O)C1CCCCCN1. The van der Waals surface area contributed by atoms with Crippen molar-refractivity contribution in [1.29, 1.82) is 0 Å². The average molecular weight is 240 g/mol. The molecule has 0 spiro atoms. The molecule has 3 N–H and O–H groups in total. The molecule has 1 amide bonds. The zero-order valence-corrected chi connectivity index (χ0v) is 10.5. The van der Waals surface area contributed by atoms with Gasteiger partial charge in [-0.15, -0.1) is 0 Å². The predicted molar refractivity (Wildman–Crippen MR) is 66.6 cm³/mol. The first-order chi connectivity index (χ1) is 8.27. The van der Waals surface area contributed by atoms with E-state index in [-0.39, 0.29) is 24.0 Å². The van der Waals surface area contributed by atoms with Crippen LogP contribution < -0.4 is 10.6 Å². The van der Waals surface area contributed by atoms with Crippen LogP contribution in [0.3, 0.4) is 0 Å². The second-order valence-corrected chi connectivity index (χ2v) is 5.36. The highest BCUT2D eigenvalue weighted by atomic mass is 16.3. The number of amides is 1. The van der Waals surface area contributed by atoms with Gasteiger partial charge in [-0.25, -0.2) is 0 Å². The highest BCUT2D eigenvalue weighted by Gasteiger charge is 2.26. The Kier molecular flexibility index (Phi) is 4.80. The summed E-state index contributed by atoms with van der Waals surface area (Å²) in [6.07, 6.45) is 7.28. The number of aliphatic hydroxyl groups is 1. The number of hydrogen-bond acceptors (Lipinski definition) is 3. The molecule has 1 aliphatic heterocycles. The van der Waals surface area contributed by atoms with Gasteiger partial charge in [-0.3, -0.25) is 4.79 Å². The molecule has 2 fully saturated rings. The molecule has 4 nitrogen and oxygen atoms in total. The average Bonchev–Trinajstić information content (AvgIpc) is 2.58. The van der Waals surface area contributed by atoms with Crippen LogP contribution in [0.2, 0.25) is 0 Å². The van der Waals surface area contributed by atoms with E-state index in [1.807, 2.05) is 0 Å². The van der Waals surface area contributed by atoms with Crippen molar-refractivity contribution in [3.63, 3.8) is 0 Å². The van der Waals surface area contributed by atoms with E-state index in [1.165, 1.54) is 12.8 Å². The first kappa shape index (κ1) is 12.8. The molecule has 17 heavy (non-hydrogen) atoms. The monoisotopic (exact) mass is 240 g/mol. The molecule has 3 atom stereocenters. The van der Waals surface area contributed by atoms with Crippen molar-refractivity contribution in [3.8, 4) is 0 Å². The van der Waals surface area contributed by atoms with Gasteiger partial charge in [0, 0.05) is 12.5 Å². The fourth-order valence-electron chi connectivity index (χ4n) is 2.86. The zero-order chi connectivity index (χ0) is 12.1. The van der Waals surface area contributed by atoms with Gasteiger partial charge in [-0.05, 0) is 32.2 Å². The molecular weight excluding hydrogens is 216 g/mol. The largest absolute Gasteiger partial charge is 0.393 e. The maximum Gasteiger partial charge on any atom is 0.237 e. The molecule has 0 bridgehead atoms. The Morgan fingerprint density at radius 3 is 2.82 bits per heavy atom. The lowest BCUT2D eigenvalue weighted by Crippen LogP contribution is -2.45. The Morgan fingerprint density at radius 1 is 1.18 bits per heavy atom. The van der Waals surface area contributed by atoms with E-state index in [0.29, 0.717) is 6.54 Å². The molecule has 2 aliphatic rings. The summed E-state index contributed by atoms with van der Waals surface area (Å²) in [4.78, 5) is 12.0. The third kappa shape index (κ3) is 3.68. The first-order valence-electron chi connectivity index (χ1n) is 6.96. The van der Waals surface area contributed by atoms with Crippen molar-refractivity contribution in [2.75, 3.05) is 13.1 Å². The van der Waals surface area contributed by atoms with E-state index < -0.39 is 0 Å². The Hall–Kier alpha value is -0.610. The standard InChI is InChI=1S/C13H24N2O2/c16-12-7-4-5-10(12)9-15-13(17)11-6-2-1-3-8-14-11/h10-12,14,16H,1-9H2,(H,15,17). The molecular formula is C13H24N2O2.